The summed E-state index contributed by atoms with van der Waals surface area (Å²) in [6.45, 7) is 7.48. The number of ether oxygens (including phenoxy) is 1. The second-order valence-corrected chi connectivity index (χ2v) is 6.96. The molecule has 0 aliphatic carbocycles. The number of methoxy groups -OCH3 is 1. The fraction of sp³-hybridized carbons (Fsp3) is 0.368. The zero-order valence-electron chi connectivity index (χ0n) is 15.4. The van der Waals surface area contributed by atoms with E-state index in [0.29, 0.717) is 23.5 Å². The van der Waals surface area contributed by atoms with Crippen LogP contribution in [0.3, 0.4) is 0 Å². The summed E-state index contributed by atoms with van der Waals surface area (Å²) in [5.41, 5.74) is 3.21. The number of benzene rings is 1. The molecule has 7 heteroatoms. The Morgan fingerprint density at radius 1 is 1.31 bits per heavy atom. The number of esters is 1. The zero-order chi connectivity index (χ0) is 19.1. The Bertz CT molecular complexity index is 852. The standard InChI is InChI=1S/C19H22N4O2S/c1-5-23(10-6-9-20)15-7-8-17(13(2)11-15)21-22-18-16(19(24)25-4)12-14(3)26-18/h7-8,11-12H,5-6,10H2,1-4H3. The van der Waals surface area contributed by atoms with Crippen LogP contribution in [0, 0.1) is 25.2 Å². The normalized spacial score (nSPS) is 10.7. The molecule has 0 N–H and O–H groups in total. The number of hydrogen-bond acceptors (Lipinski definition) is 7. The van der Waals surface area contributed by atoms with Crippen molar-refractivity contribution in [3.05, 3.63) is 40.3 Å². The minimum atomic E-state index is -0.411. The van der Waals surface area contributed by atoms with Crippen molar-refractivity contribution in [1.82, 2.24) is 0 Å². The van der Waals surface area contributed by atoms with Gasteiger partial charge < -0.3 is 9.64 Å². The maximum absolute atomic E-state index is 11.8. The lowest BCUT2D eigenvalue weighted by Gasteiger charge is -2.22. The molecule has 0 aliphatic heterocycles. The molecule has 6 nitrogen and oxygen atoms in total. The summed E-state index contributed by atoms with van der Waals surface area (Å²) < 4.78 is 4.79. The molecule has 0 aliphatic rings. The Kier molecular flexibility index (Phi) is 6.87. The highest BCUT2D eigenvalue weighted by atomic mass is 32.1. The fourth-order valence-corrected chi connectivity index (χ4v) is 3.35. The first-order valence-corrected chi connectivity index (χ1v) is 9.14. The van der Waals surface area contributed by atoms with Crippen molar-refractivity contribution >= 4 is 33.7 Å². The highest BCUT2D eigenvalue weighted by molar-refractivity contribution is 7.16. The second kappa shape index (κ2) is 9.11. The van der Waals surface area contributed by atoms with Gasteiger partial charge in [0.2, 0.25) is 0 Å². The monoisotopic (exact) mass is 370 g/mol. The number of carbonyl (C=O) groups is 1. The summed E-state index contributed by atoms with van der Waals surface area (Å²) in [5.74, 6) is -0.411. The number of hydrogen-bond donors (Lipinski definition) is 0. The fourth-order valence-electron chi connectivity index (χ4n) is 2.53. The molecule has 1 aromatic carbocycles. The van der Waals surface area contributed by atoms with Gasteiger partial charge in [-0.3, -0.25) is 0 Å². The Balaban J connectivity index is 2.24. The molecule has 0 amide bonds. The lowest BCUT2D eigenvalue weighted by molar-refractivity contribution is 0.0602. The van der Waals surface area contributed by atoms with Gasteiger partial charge in [0.15, 0.2) is 5.00 Å². The molecular weight excluding hydrogens is 348 g/mol. The van der Waals surface area contributed by atoms with Crippen LogP contribution in [0.1, 0.15) is 34.1 Å². The zero-order valence-corrected chi connectivity index (χ0v) is 16.3. The summed E-state index contributed by atoms with van der Waals surface area (Å²) in [7, 11) is 1.35. The van der Waals surface area contributed by atoms with Gasteiger partial charge in [0.05, 0.1) is 30.9 Å². The molecule has 2 aromatic rings. The number of anilines is 1. The molecule has 0 spiro atoms. The maximum Gasteiger partial charge on any atom is 0.341 e. The Hall–Kier alpha value is -2.72. The molecule has 0 unspecified atom stereocenters. The average molecular weight is 370 g/mol. The van der Waals surface area contributed by atoms with E-state index in [-0.39, 0.29) is 0 Å². The van der Waals surface area contributed by atoms with Crippen LogP contribution < -0.4 is 4.90 Å². The Morgan fingerprint density at radius 3 is 2.69 bits per heavy atom. The van der Waals surface area contributed by atoms with Gasteiger partial charge in [-0.25, -0.2) is 4.79 Å². The van der Waals surface area contributed by atoms with Gasteiger partial charge in [-0.1, -0.05) is 0 Å². The van der Waals surface area contributed by atoms with Gasteiger partial charge in [-0.05, 0) is 50.6 Å². The molecule has 0 bridgehead atoms. The van der Waals surface area contributed by atoms with E-state index in [1.54, 1.807) is 6.07 Å². The van der Waals surface area contributed by atoms with Crippen molar-refractivity contribution in [3.63, 3.8) is 0 Å². The van der Waals surface area contributed by atoms with Gasteiger partial charge in [0.25, 0.3) is 0 Å². The highest BCUT2D eigenvalue weighted by Crippen LogP contribution is 2.33. The van der Waals surface area contributed by atoms with E-state index in [2.05, 4.69) is 28.1 Å². The molecular formula is C19H22N4O2S. The van der Waals surface area contributed by atoms with Crippen LogP contribution in [0.5, 0.6) is 0 Å². The molecule has 136 valence electrons. The molecule has 1 heterocycles. The molecule has 0 atom stereocenters. The lowest BCUT2D eigenvalue weighted by Crippen LogP contribution is -2.23. The van der Waals surface area contributed by atoms with Crippen LogP contribution in [0.15, 0.2) is 34.5 Å². The first kappa shape index (κ1) is 19.6. The van der Waals surface area contributed by atoms with Gasteiger partial charge in [-0.2, -0.15) is 5.26 Å². The second-order valence-electron chi connectivity index (χ2n) is 5.73. The van der Waals surface area contributed by atoms with Crippen molar-refractivity contribution in [3.8, 4) is 6.07 Å². The van der Waals surface area contributed by atoms with Crippen LogP contribution >= 0.6 is 11.3 Å². The maximum atomic E-state index is 11.8. The summed E-state index contributed by atoms with van der Waals surface area (Å²) >= 11 is 1.40. The molecule has 0 radical (unpaired) electrons. The average Bonchev–Trinajstić information content (AvgIpc) is 3.01. The lowest BCUT2D eigenvalue weighted by atomic mass is 10.1. The number of thiophene rings is 1. The van der Waals surface area contributed by atoms with Gasteiger partial charge in [-0.15, -0.1) is 21.6 Å². The number of carbonyl (C=O) groups excluding carboxylic acids is 1. The van der Waals surface area contributed by atoms with Crippen LogP contribution in [-0.4, -0.2) is 26.2 Å². The van der Waals surface area contributed by atoms with E-state index in [9.17, 15) is 4.79 Å². The van der Waals surface area contributed by atoms with Crippen molar-refractivity contribution in [2.24, 2.45) is 10.2 Å². The van der Waals surface area contributed by atoms with Crippen LogP contribution in [0.4, 0.5) is 16.4 Å². The SMILES string of the molecule is CCN(CCC#N)c1ccc(N=Nc2sc(C)cc2C(=O)OC)c(C)c1. The van der Waals surface area contributed by atoms with E-state index in [1.807, 2.05) is 32.0 Å². The molecule has 0 fully saturated rings. The van der Waals surface area contributed by atoms with Crippen molar-refractivity contribution in [2.75, 3.05) is 25.1 Å². The molecule has 0 saturated carbocycles. The summed E-state index contributed by atoms with van der Waals surface area (Å²) in [4.78, 5) is 14.9. The topological polar surface area (TPSA) is 78.0 Å². The van der Waals surface area contributed by atoms with Crippen molar-refractivity contribution in [2.45, 2.75) is 27.2 Å². The summed E-state index contributed by atoms with van der Waals surface area (Å²) in [5, 5.41) is 17.9. The Morgan fingerprint density at radius 2 is 2.08 bits per heavy atom. The minimum Gasteiger partial charge on any atom is -0.465 e. The van der Waals surface area contributed by atoms with Crippen LogP contribution in [-0.2, 0) is 4.74 Å². The van der Waals surface area contributed by atoms with Crippen LogP contribution in [0.25, 0.3) is 0 Å². The molecule has 2 rings (SSSR count). The van der Waals surface area contributed by atoms with E-state index >= 15 is 0 Å². The molecule has 26 heavy (non-hydrogen) atoms. The predicted octanol–water partition coefficient (Wildman–Crippen LogP) is 5.31. The van der Waals surface area contributed by atoms with E-state index in [4.69, 9.17) is 10.00 Å². The third-order valence-corrected chi connectivity index (χ3v) is 4.85. The predicted molar refractivity (Wildman–Crippen MR) is 104 cm³/mol. The first-order chi connectivity index (χ1) is 12.5. The summed E-state index contributed by atoms with van der Waals surface area (Å²) in [6, 6.07) is 9.85. The molecule has 1 aromatic heterocycles. The van der Waals surface area contributed by atoms with Crippen LogP contribution in [0.2, 0.25) is 0 Å². The van der Waals surface area contributed by atoms with Crippen molar-refractivity contribution in [1.29, 1.82) is 5.26 Å². The smallest absolute Gasteiger partial charge is 0.341 e. The first-order valence-electron chi connectivity index (χ1n) is 8.33. The number of nitrogens with zero attached hydrogens (tertiary/aromatic N) is 4. The van der Waals surface area contributed by atoms with E-state index in [1.165, 1.54) is 18.4 Å². The number of nitriles is 1. The molecule has 0 saturated heterocycles. The number of aryl methyl sites for hydroxylation is 2. The Labute approximate surface area is 157 Å². The van der Waals surface area contributed by atoms with E-state index < -0.39 is 5.97 Å². The number of rotatable bonds is 7. The van der Waals surface area contributed by atoms with Gasteiger partial charge in [0, 0.05) is 23.7 Å². The van der Waals surface area contributed by atoms with Gasteiger partial charge >= 0.3 is 5.97 Å². The van der Waals surface area contributed by atoms with E-state index in [0.717, 1.165) is 28.4 Å². The quantitative estimate of drug-likeness (QED) is 0.489. The number of azo groups is 1. The minimum absolute atomic E-state index is 0.411. The van der Waals surface area contributed by atoms with Gasteiger partial charge in [0.1, 0.15) is 0 Å². The third-order valence-electron chi connectivity index (χ3n) is 3.91. The largest absolute Gasteiger partial charge is 0.465 e. The highest BCUT2D eigenvalue weighted by Gasteiger charge is 2.15. The third kappa shape index (κ3) is 4.67. The summed E-state index contributed by atoms with van der Waals surface area (Å²) in [6.07, 6.45) is 0.488. The van der Waals surface area contributed by atoms with Crippen molar-refractivity contribution < 1.29 is 9.53 Å².